The van der Waals surface area contributed by atoms with Crippen molar-refractivity contribution in [2.75, 3.05) is 7.11 Å². The zero-order valence-electron chi connectivity index (χ0n) is 16.8. The van der Waals surface area contributed by atoms with Crippen LogP contribution in [0, 0.1) is 26.7 Å². The van der Waals surface area contributed by atoms with Crippen LogP contribution in [0.15, 0.2) is 52.0 Å². The quantitative estimate of drug-likeness (QED) is 0.417. The highest BCUT2D eigenvalue weighted by molar-refractivity contribution is 6.03. The van der Waals surface area contributed by atoms with Crippen LogP contribution in [-0.4, -0.2) is 12.8 Å². The summed E-state index contributed by atoms with van der Waals surface area (Å²) in [5, 5.41) is 5.45. The van der Waals surface area contributed by atoms with E-state index >= 15 is 0 Å². The molecule has 1 aliphatic carbocycles. The molecule has 0 atom stereocenters. The SMILES string of the molecule is CO/N=C(/c1cc2ccccc2o1)C1CC(C)(c2c(C)cc(C)cc2C)C1. The molecule has 0 spiro atoms. The lowest BCUT2D eigenvalue weighted by atomic mass is 9.57. The molecule has 0 saturated heterocycles. The van der Waals surface area contributed by atoms with Crippen molar-refractivity contribution in [1.82, 2.24) is 0 Å². The maximum atomic E-state index is 6.07. The molecule has 4 rings (SSSR count). The second-order valence-electron chi connectivity index (χ2n) is 8.25. The molecule has 1 aliphatic rings. The van der Waals surface area contributed by atoms with E-state index in [2.05, 4.69) is 57.1 Å². The summed E-state index contributed by atoms with van der Waals surface area (Å²) in [5.41, 5.74) is 7.59. The number of hydrogen-bond acceptors (Lipinski definition) is 3. The molecule has 1 saturated carbocycles. The summed E-state index contributed by atoms with van der Waals surface area (Å²) < 4.78 is 6.07. The highest BCUT2D eigenvalue weighted by atomic mass is 16.6. The van der Waals surface area contributed by atoms with Gasteiger partial charge < -0.3 is 9.25 Å². The van der Waals surface area contributed by atoms with E-state index in [0.717, 1.165) is 35.3 Å². The lowest BCUT2D eigenvalue weighted by Gasteiger charge is -2.47. The third-order valence-corrected chi connectivity index (χ3v) is 5.93. The Morgan fingerprint density at radius 3 is 2.37 bits per heavy atom. The lowest BCUT2D eigenvalue weighted by molar-refractivity contribution is 0.186. The van der Waals surface area contributed by atoms with Crippen molar-refractivity contribution in [2.45, 2.75) is 46.0 Å². The maximum Gasteiger partial charge on any atom is 0.153 e. The van der Waals surface area contributed by atoms with E-state index in [1.807, 2.05) is 18.2 Å². The van der Waals surface area contributed by atoms with Gasteiger partial charge in [-0.15, -0.1) is 0 Å². The number of hydrogen-bond donors (Lipinski definition) is 0. The Bertz CT molecular complexity index is 966. The molecular weight excluding hydrogens is 334 g/mol. The summed E-state index contributed by atoms with van der Waals surface area (Å²) in [6.45, 7) is 9.01. The average molecular weight is 361 g/mol. The second kappa shape index (κ2) is 6.56. The summed E-state index contributed by atoms with van der Waals surface area (Å²) in [6.07, 6.45) is 2.11. The Labute approximate surface area is 161 Å². The molecule has 0 amide bonds. The molecule has 3 heteroatoms. The van der Waals surface area contributed by atoms with Gasteiger partial charge >= 0.3 is 0 Å². The molecule has 1 heterocycles. The van der Waals surface area contributed by atoms with Gasteiger partial charge in [0, 0.05) is 11.3 Å². The van der Waals surface area contributed by atoms with Crippen LogP contribution in [0.2, 0.25) is 0 Å². The monoisotopic (exact) mass is 361 g/mol. The van der Waals surface area contributed by atoms with Crippen molar-refractivity contribution in [2.24, 2.45) is 11.1 Å². The van der Waals surface area contributed by atoms with Crippen molar-refractivity contribution in [3.8, 4) is 0 Å². The van der Waals surface area contributed by atoms with Crippen LogP contribution in [-0.2, 0) is 10.3 Å². The van der Waals surface area contributed by atoms with Crippen molar-refractivity contribution < 1.29 is 9.25 Å². The third-order valence-electron chi connectivity index (χ3n) is 5.93. The standard InChI is InChI=1S/C24H27NO2/c1-15-10-16(2)22(17(3)11-15)24(4)13-19(14-24)23(25-26-5)21-12-18-8-6-7-9-20(18)27-21/h6-12,19H,13-14H2,1-5H3/b25-23+. The van der Waals surface area contributed by atoms with E-state index in [0.29, 0.717) is 5.92 Å². The minimum atomic E-state index is 0.174. The van der Waals surface area contributed by atoms with Gasteiger partial charge in [0.2, 0.25) is 0 Å². The first kappa shape index (κ1) is 17.8. The van der Waals surface area contributed by atoms with Crippen LogP contribution in [0.25, 0.3) is 11.0 Å². The zero-order chi connectivity index (χ0) is 19.2. The fourth-order valence-electron chi connectivity index (χ4n) is 5.08. The summed E-state index contributed by atoms with van der Waals surface area (Å²) in [4.78, 5) is 5.18. The van der Waals surface area contributed by atoms with Crippen LogP contribution in [0.1, 0.15) is 47.8 Å². The van der Waals surface area contributed by atoms with Gasteiger partial charge in [-0.3, -0.25) is 0 Å². The molecule has 140 valence electrons. The largest absolute Gasteiger partial charge is 0.455 e. The third kappa shape index (κ3) is 3.05. The Kier molecular flexibility index (Phi) is 4.33. The molecule has 3 aromatic rings. The van der Waals surface area contributed by atoms with Gasteiger partial charge in [0.25, 0.3) is 0 Å². The smallest absolute Gasteiger partial charge is 0.153 e. The number of para-hydroxylation sites is 1. The molecule has 1 fully saturated rings. The van der Waals surface area contributed by atoms with Crippen molar-refractivity contribution in [3.63, 3.8) is 0 Å². The normalized spacial score (nSPS) is 22.7. The summed E-state index contributed by atoms with van der Waals surface area (Å²) >= 11 is 0. The molecule has 27 heavy (non-hydrogen) atoms. The average Bonchev–Trinajstić information content (AvgIpc) is 3.00. The molecule has 1 aromatic heterocycles. The predicted molar refractivity (Wildman–Crippen MR) is 110 cm³/mol. The highest BCUT2D eigenvalue weighted by Crippen LogP contribution is 2.51. The van der Waals surface area contributed by atoms with Crippen LogP contribution in [0.5, 0.6) is 0 Å². The highest BCUT2D eigenvalue weighted by Gasteiger charge is 2.46. The van der Waals surface area contributed by atoms with E-state index < -0.39 is 0 Å². The first-order valence-corrected chi connectivity index (χ1v) is 9.59. The molecule has 0 radical (unpaired) electrons. The van der Waals surface area contributed by atoms with Gasteiger partial charge in [0.1, 0.15) is 18.4 Å². The number of benzene rings is 2. The Balaban J connectivity index is 1.64. The van der Waals surface area contributed by atoms with Crippen LogP contribution < -0.4 is 0 Å². The van der Waals surface area contributed by atoms with Crippen LogP contribution >= 0.6 is 0 Å². The maximum absolute atomic E-state index is 6.07. The number of nitrogens with zero attached hydrogens (tertiary/aromatic N) is 1. The molecule has 0 aliphatic heterocycles. The van der Waals surface area contributed by atoms with E-state index in [-0.39, 0.29) is 5.41 Å². The second-order valence-corrected chi connectivity index (χ2v) is 8.25. The molecule has 0 bridgehead atoms. The topological polar surface area (TPSA) is 34.7 Å². The van der Waals surface area contributed by atoms with Gasteiger partial charge in [-0.2, -0.15) is 0 Å². The van der Waals surface area contributed by atoms with E-state index in [4.69, 9.17) is 9.25 Å². The number of furan rings is 1. The van der Waals surface area contributed by atoms with E-state index in [9.17, 15) is 0 Å². The van der Waals surface area contributed by atoms with Gasteiger partial charge in [-0.25, -0.2) is 0 Å². The summed E-state index contributed by atoms with van der Waals surface area (Å²) in [7, 11) is 1.61. The lowest BCUT2D eigenvalue weighted by Crippen LogP contribution is -2.43. The number of rotatable bonds is 4. The first-order chi connectivity index (χ1) is 12.9. The Morgan fingerprint density at radius 2 is 1.74 bits per heavy atom. The summed E-state index contributed by atoms with van der Waals surface area (Å²) in [5.74, 6) is 1.16. The van der Waals surface area contributed by atoms with Gasteiger partial charge in [0.15, 0.2) is 5.76 Å². The minimum Gasteiger partial charge on any atom is -0.455 e. The Hall–Kier alpha value is -2.55. The van der Waals surface area contributed by atoms with Crippen LogP contribution in [0.4, 0.5) is 0 Å². The van der Waals surface area contributed by atoms with Gasteiger partial charge in [-0.1, -0.05) is 48.0 Å². The molecule has 0 unspecified atom stereocenters. The number of fused-ring (bicyclic) bond motifs is 1. The minimum absolute atomic E-state index is 0.174. The fraction of sp³-hybridized carbons (Fsp3) is 0.375. The fourth-order valence-corrected chi connectivity index (χ4v) is 5.08. The molecule has 3 nitrogen and oxygen atoms in total. The Morgan fingerprint density at radius 1 is 1.07 bits per heavy atom. The van der Waals surface area contributed by atoms with Crippen molar-refractivity contribution in [1.29, 1.82) is 0 Å². The number of oxime groups is 1. The predicted octanol–water partition coefficient (Wildman–Crippen LogP) is 6.08. The molecular formula is C24H27NO2. The van der Waals surface area contributed by atoms with E-state index in [1.54, 1.807) is 7.11 Å². The van der Waals surface area contributed by atoms with Gasteiger partial charge in [0.05, 0.1) is 0 Å². The zero-order valence-corrected chi connectivity index (χ0v) is 16.8. The molecule has 2 aromatic carbocycles. The van der Waals surface area contributed by atoms with Crippen molar-refractivity contribution in [3.05, 3.63) is 70.5 Å². The van der Waals surface area contributed by atoms with Crippen molar-refractivity contribution >= 4 is 16.7 Å². The summed E-state index contributed by atoms with van der Waals surface area (Å²) in [6, 6.07) is 14.7. The first-order valence-electron chi connectivity index (χ1n) is 9.59. The van der Waals surface area contributed by atoms with Crippen LogP contribution in [0.3, 0.4) is 0 Å². The molecule has 0 N–H and O–H groups in total. The van der Waals surface area contributed by atoms with Gasteiger partial charge in [-0.05, 0) is 67.9 Å². The van der Waals surface area contributed by atoms with E-state index in [1.165, 1.54) is 22.3 Å². The number of aryl methyl sites for hydroxylation is 3.